The molecule has 1 aromatic rings. The van der Waals surface area contributed by atoms with Gasteiger partial charge >= 0.3 is 5.69 Å². The second kappa shape index (κ2) is 7.78. The summed E-state index contributed by atoms with van der Waals surface area (Å²) in [6, 6.07) is 1.51. The van der Waals surface area contributed by atoms with Crippen molar-refractivity contribution in [2.24, 2.45) is 0 Å². The van der Waals surface area contributed by atoms with Crippen LogP contribution in [0.2, 0.25) is 0 Å². The van der Waals surface area contributed by atoms with Crippen molar-refractivity contribution in [2.45, 2.75) is 39.2 Å². The molecule has 0 bridgehead atoms. The van der Waals surface area contributed by atoms with Crippen LogP contribution in [0.3, 0.4) is 0 Å². The highest BCUT2D eigenvalue weighted by Gasteiger charge is 2.17. The average Bonchev–Trinajstić information content (AvgIpc) is 2.35. The Balaban J connectivity index is 2.53. The number of benzene rings is 1. The van der Waals surface area contributed by atoms with Crippen LogP contribution in [-0.4, -0.2) is 11.5 Å². The fourth-order valence-corrected chi connectivity index (χ4v) is 1.76. The Hall–Kier alpha value is -1.56. The van der Waals surface area contributed by atoms with E-state index in [9.17, 15) is 18.9 Å². The molecule has 0 radical (unpaired) electrons. The van der Waals surface area contributed by atoms with Crippen molar-refractivity contribution >= 4 is 5.69 Å². The third-order valence-electron chi connectivity index (χ3n) is 2.84. The van der Waals surface area contributed by atoms with Crippen molar-refractivity contribution in [2.75, 3.05) is 6.54 Å². The van der Waals surface area contributed by atoms with Gasteiger partial charge in [0.1, 0.15) is 5.82 Å². The monoisotopic (exact) mass is 272 g/mol. The van der Waals surface area contributed by atoms with Crippen LogP contribution in [0, 0.1) is 21.7 Å². The summed E-state index contributed by atoms with van der Waals surface area (Å²) in [4.78, 5) is 9.71. The Morgan fingerprint density at radius 2 is 1.95 bits per heavy atom. The van der Waals surface area contributed by atoms with Crippen LogP contribution >= 0.6 is 0 Å². The average molecular weight is 272 g/mol. The van der Waals surface area contributed by atoms with E-state index in [1.54, 1.807) is 0 Å². The molecular formula is C13H18F2N2O2. The summed E-state index contributed by atoms with van der Waals surface area (Å²) < 4.78 is 26.5. The maximum Gasteiger partial charge on any atom is 0.305 e. The predicted octanol–water partition coefficient (Wildman–Crippen LogP) is 3.54. The van der Waals surface area contributed by atoms with E-state index < -0.39 is 22.2 Å². The lowest BCUT2D eigenvalue weighted by Crippen LogP contribution is -2.16. The fraction of sp³-hybridized carbons (Fsp3) is 0.538. The summed E-state index contributed by atoms with van der Waals surface area (Å²) in [5.74, 6) is -1.90. The number of hydrogen-bond acceptors (Lipinski definition) is 3. The van der Waals surface area contributed by atoms with Crippen LogP contribution in [0.25, 0.3) is 0 Å². The van der Waals surface area contributed by atoms with E-state index >= 15 is 0 Å². The summed E-state index contributed by atoms with van der Waals surface area (Å²) >= 11 is 0. The first kappa shape index (κ1) is 15.5. The van der Waals surface area contributed by atoms with E-state index in [0.29, 0.717) is 12.6 Å². The second-order valence-corrected chi connectivity index (χ2v) is 4.39. The standard InChI is InChI=1S/C13H18F2N2O2/c1-2-3-4-5-6-16-9-10-7-13(17(18)19)12(15)8-11(10)14/h7-8,16H,2-6,9H2,1H3. The normalized spacial score (nSPS) is 10.7. The van der Waals surface area contributed by atoms with Gasteiger partial charge in [-0.2, -0.15) is 4.39 Å². The third-order valence-corrected chi connectivity index (χ3v) is 2.84. The number of halogens is 2. The van der Waals surface area contributed by atoms with E-state index in [2.05, 4.69) is 12.2 Å². The molecule has 0 unspecified atom stereocenters. The van der Waals surface area contributed by atoms with Crippen molar-refractivity contribution < 1.29 is 13.7 Å². The van der Waals surface area contributed by atoms with E-state index in [1.165, 1.54) is 0 Å². The van der Waals surface area contributed by atoms with Gasteiger partial charge in [0.05, 0.1) is 4.92 Å². The zero-order valence-electron chi connectivity index (χ0n) is 10.9. The number of hydrogen-bond donors (Lipinski definition) is 1. The molecule has 1 rings (SSSR count). The van der Waals surface area contributed by atoms with E-state index in [-0.39, 0.29) is 12.1 Å². The number of nitro benzene ring substituents is 1. The summed E-state index contributed by atoms with van der Waals surface area (Å²) in [7, 11) is 0. The van der Waals surface area contributed by atoms with Crippen LogP contribution in [-0.2, 0) is 6.54 Å². The molecule has 1 N–H and O–H groups in total. The molecule has 106 valence electrons. The largest absolute Gasteiger partial charge is 0.313 e. The number of nitrogens with zero attached hydrogens (tertiary/aromatic N) is 1. The first-order chi connectivity index (χ1) is 9.06. The van der Waals surface area contributed by atoms with E-state index in [1.807, 2.05) is 0 Å². The SMILES string of the molecule is CCCCCCNCc1cc([N+](=O)[O-])c(F)cc1F. The predicted molar refractivity (Wildman–Crippen MR) is 68.9 cm³/mol. The van der Waals surface area contributed by atoms with Gasteiger partial charge < -0.3 is 5.32 Å². The van der Waals surface area contributed by atoms with Gasteiger partial charge in [0.2, 0.25) is 5.82 Å². The maximum atomic E-state index is 13.4. The summed E-state index contributed by atoms with van der Waals surface area (Å²) in [5.41, 5.74) is -0.576. The lowest BCUT2D eigenvalue weighted by molar-refractivity contribution is -0.387. The summed E-state index contributed by atoms with van der Waals surface area (Å²) in [6.45, 7) is 2.99. The molecule has 6 heteroatoms. The highest BCUT2D eigenvalue weighted by molar-refractivity contribution is 5.37. The summed E-state index contributed by atoms with van der Waals surface area (Å²) in [5, 5.41) is 13.6. The van der Waals surface area contributed by atoms with Crippen LogP contribution < -0.4 is 5.32 Å². The van der Waals surface area contributed by atoms with E-state index in [0.717, 1.165) is 31.7 Å². The number of nitro groups is 1. The first-order valence-electron chi connectivity index (χ1n) is 6.39. The van der Waals surface area contributed by atoms with Crippen LogP contribution in [0.5, 0.6) is 0 Å². The molecule has 0 saturated carbocycles. The second-order valence-electron chi connectivity index (χ2n) is 4.39. The molecule has 0 spiro atoms. The molecule has 0 heterocycles. The molecule has 0 saturated heterocycles. The smallest absolute Gasteiger partial charge is 0.305 e. The van der Waals surface area contributed by atoms with Crippen molar-refractivity contribution in [3.05, 3.63) is 39.4 Å². The molecular weight excluding hydrogens is 254 g/mol. The van der Waals surface area contributed by atoms with Crippen molar-refractivity contribution in [3.63, 3.8) is 0 Å². The van der Waals surface area contributed by atoms with Gasteiger partial charge in [0.25, 0.3) is 0 Å². The van der Waals surface area contributed by atoms with Gasteiger partial charge in [-0.05, 0) is 13.0 Å². The van der Waals surface area contributed by atoms with Gasteiger partial charge in [0, 0.05) is 24.2 Å². The van der Waals surface area contributed by atoms with Crippen molar-refractivity contribution in [1.29, 1.82) is 0 Å². The number of rotatable bonds is 8. The topological polar surface area (TPSA) is 55.2 Å². The molecule has 0 aliphatic rings. The Morgan fingerprint density at radius 1 is 1.21 bits per heavy atom. The number of unbranched alkanes of at least 4 members (excludes halogenated alkanes) is 3. The van der Waals surface area contributed by atoms with Crippen molar-refractivity contribution in [1.82, 2.24) is 5.32 Å². The Morgan fingerprint density at radius 3 is 2.58 bits per heavy atom. The zero-order chi connectivity index (χ0) is 14.3. The van der Waals surface area contributed by atoms with Gasteiger partial charge in [-0.15, -0.1) is 0 Å². The minimum atomic E-state index is -1.14. The fourth-order valence-electron chi connectivity index (χ4n) is 1.76. The van der Waals surface area contributed by atoms with Gasteiger partial charge in [0.15, 0.2) is 0 Å². The van der Waals surface area contributed by atoms with Gasteiger partial charge in [-0.1, -0.05) is 26.2 Å². The first-order valence-corrected chi connectivity index (χ1v) is 6.39. The lowest BCUT2D eigenvalue weighted by atomic mass is 10.1. The molecule has 0 amide bonds. The molecule has 1 aromatic carbocycles. The lowest BCUT2D eigenvalue weighted by Gasteiger charge is -2.06. The maximum absolute atomic E-state index is 13.4. The van der Waals surface area contributed by atoms with Crippen LogP contribution in [0.4, 0.5) is 14.5 Å². The highest BCUT2D eigenvalue weighted by atomic mass is 19.1. The Bertz CT molecular complexity index is 439. The van der Waals surface area contributed by atoms with Crippen molar-refractivity contribution in [3.8, 4) is 0 Å². The molecule has 0 aliphatic heterocycles. The number of nitrogens with one attached hydrogen (secondary N) is 1. The Kier molecular flexibility index (Phi) is 6.35. The molecule has 0 aromatic heterocycles. The highest BCUT2D eigenvalue weighted by Crippen LogP contribution is 2.21. The molecule has 0 atom stereocenters. The van der Waals surface area contributed by atoms with E-state index in [4.69, 9.17) is 0 Å². The minimum Gasteiger partial charge on any atom is -0.313 e. The molecule has 0 fully saturated rings. The molecule has 19 heavy (non-hydrogen) atoms. The van der Waals surface area contributed by atoms with Gasteiger partial charge in [-0.25, -0.2) is 4.39 Å². The summed E-state index contributed by atoms with van der Waals surface area (Å²) in [6.07, 6.45) is 4.35. The molecule has 4 nitrogen and oxygen atoms in total. The quantitative estimate of drug-likeness (QED) is 0.447. The zero-order valence-corrected chi connectivity index (χ0v) is 10.9. The van der Waals surface area contributed by atoms with Crippen LogP contribution in [0.15, 0.2) is 12.1 Å². The minimum absolute atomic E-state index is 0.114. The van der Waals surface area contributed by atoms with Gasteiger partial charge in [-0.3, -0.25) is 10.1 Å². The Labute approximate surface area is 111 Å². The van der Waals surface area contributed by atoms with Crippen LogP contribution in [0.1, 0.15) is 38.2 Å². The molecule has 0 aliphatic carbocycles. The third kappa shape index (κ3) is 4.90.